The minimum atomic E-state index is -0.799. The molecule has 0 spiro atoms. The van der Waals surface area contributed by atoms with Crippen molar-refractivity contribution in [3.05, 3.63) is 52.3 Å². The Morgan fingerprint density at radius 1 is 1.21 bits per heavy atom. The third-order valence-corrected chi connectivity index (χ3v) is 5.63. The van der Waals surface area contributed by atoms with Gasteiger partial charge in [0.25, 0.3) is 0 Å². The number of halogens is 2. The number of aliphatic imine (C=N–C) groups is 1. The largest absolute Gasteiger partial charge is 0.354 e. The van der Waals surface area contributed by atoms with E-state index in [0.717, 1.165) is 48.8 Å². The van der Waals surface area contributed by atoms with Crippen LogP contribution in [0.2, 0.25) is 0 Å². The first-order valence-corrected chi connectivity index (χ1v) is 10.00. The molecule has 29 heavy (non-hydrogen) atoms. The van der Waals surface area contributed by atoms with E-state index in [1.165, 1.54) is 17.7 Å². The van der Waals surface area contributed by atoms with Crippen molar-refractivity contribution in [1.29, 1.82) is 0 Å². The van der Waals surface area contributed by atoms with E-state index >= 15 is 0 Å². The summed E-state index contributed by atoms with van der Waals surface area (Å²) in [6.07, 6.45) is 1.94. The van der Waals surface area contributed by atoms with Crippen molar-refractivity contribution in [3.8, 4) is 0 Å². The highest BCUT2D eigenvalue weighted by atomic mass is 19.2. The molecule has 0 bridgehead atoms. The Labute approximate surface area is 171 Å². The summed E-state index contributed by atoms with van der Waals surface area (Å²) in [6.45, 7) is 7.19. The van der Waals surface area contributed by atoms with E-state index in [0.29, 0.717) is 19.1 Å². The number of rotatable bonds is 5. The summed E-state index contributed by atoms with van der Waals surface area (Å²) in [6, 6.07) is 4.46. The van der Waals surface area contributed by atoms with Gasteiger partial charge in [-0.1, -0.05) is 6.07 Å². The molecule has 1 aromatic carbocycles. The van der Waals surface area contributed by atoms with Crippen molar-refractivity contribution in [2.45, 2.75) is 45.8 Å². The van der Waals surface area contributed by atoms with Crippen LogP contribution >= 0.6 is 0 Å². The molecule has 0 saturated carbocycles. The standard InChI is InChI=1S/C21H30F2N6/c1-14-18(15(2)28(4)27-14)12-25-21(24-3)26-17-7-9-29(10-8-17)13-16-5-6-19(22)20(23)11-16/h5-6,11,17H,7-10,12-13H2,1-4H3,(H2,24,25,26). The fraction of sp³-hybridized carbons (Fsp3) is 0.524. The lowest BCUT2D eigenvalue weighted by Gasteiger charge is -2.33. The SMILES string of the molecule is CN=C(NCc1c(C)nn(C)c1C)NC1CCN(Cc2ccc(F)c(F)c2)CC1. The van der Waals surface area contributed by atoms with Crippen LogP contribution in [0.1, 0.15) is 35.4 Å². The lowest BCUT2D eigenvalue weighted by Crippen LogP contribution is -2.48. The minimum Gasteiger partial charge on any atom is -0.354 e. The molecule has 3 rings (SSSR count). The number of guanidine groups is 1. The Bertz CT molecular complexity index is 868. The first-order chi connectivity index (χ1) is 13.9. The average molecular weight is 405 g/mol. The van der Waals surface area contributed by atoms with Crippen LogP contribution in [0.25, 0.3) is 0 Å². The Kier molecular flexibility index (Phi) is 6.84. The van der Waals surface area contributed by atoms with Gasteiger partial charge in [0, 0.05) is 57.6 Å². The van der Waals surface area contributed by atoms with Crippen LogP contribution < -0.4 is 10.6 Å². The van der Waals surface area contributed by atoms with Gasteiger partial charge in [-0.05, 0) is 44.4 Å². The summed E-state index contributed by atoms with van der Waals surface area (Å²) in [5.74, 6) is -0.799. The second-order valence-corrected chi connectivity index (χ2v) is 7.64. The number of benzene rings is 1. The van der Waals surface area contributed by atoms with E-state index in [1.807, 2.05) is 18.7 Å². The molecule has 1 fully saturated rings. The minimum absolute atomic E-state index is 0.332. The molecule has 0 radical (unpaired) electrons. The first-order valence-electron chi connectivity index (χ1n) is 10.00. The third kappa shape index (κ3) is 5.32. The highest BCUT2D eigenvalue weighted by molar-refractivity contribution is 5.80. The van der Waals surface area contributed by atoms with E-state index in [2.05, 4.69) is 32.5 Å². The normalized spacial score (nSPS) is 16.3. The summed E-state index contributed by atoms with van der Waals surface area (Å²) in [4.78, 5) is 6.61. The highest BCUT2D eigenvalue weighted by Gasteiger charge is 2.20. The monoisotopic (exact) mass is 404 g/mol. The van der Waals surface area contributed by atoms with Crippen LogP contribution in [0, 0.1) is 25.5 Å². The van der Waals surface area contributed by atoms with Gasteiger partial charge in [0.2, 0.25) is 0 Å². The fourth-order valence-corrected chi connectivity index (χ4v) is 3.77. The van der Waals surface area contributed by atoms with Gasteiger partial charge < -0.3 is 10.6 Å². The van der Waals surface area contributed by atoms with Crippen molar-refractivity contribution in [1.82, 2.24) is 25.3 Å². The highest BCUT2D eigenvalue weighted by Crippen LogP contribution is 2.16. The zero-order valence-corrected chi connectivity index (χ0v) is 17.6. The van der Waals surface area contributed by atoms with Crippen molar-refractivity contribution in [2.75, 3.05) is 20.1 Å². The zero-order chi connectivity index (χ0) is 21.0. The molecule has 6 nitrogen and oxygen atoms in total. The molecule has 1 aromatic heterocycles. The molecule has 1 aliphatic rings. The Balaban J connectivity index is 1.47. The molecule has 2 heterocycles. The number of nitrogens with zero attached hydrogens (tertiary/aromatic N) is 4. The average Bonchev–Trinajstić information content (AvgIpc) is 2.94. The van der Waals surface area contributed by atoms with Gasteiger partial charge in [-0.15, -0.1) is 0 Å². The van der Waals surface area contributed by atoms with Gasteiger partial charge in [-0.25, -0.2) is 8.78 Å². The number of nitrogens with one attached hydrogen (secondary N) is 2. The Morgan fingerprint density at radius 3 is 2.52 bits per heavy atom. The molecule has 8 heteroatoms. The number of likely N-dealkylation sites (tertiary alicyclic amines) is 1. The number of aryl methyl sites for hydroxylation is 2. The second-order valence-electron chi connectivity index (χ2n) is 7.64. The number of hydrogen-bond acceptors (Lipinski definition) is 3. The van der Waals surface area contributed by atoms with E-state index in [9.17, 15) is 8.78 Å². The summed E-state index contributed by atoms with van der Waals surface area (Å²) >= 11 is 0. The maximum absolute atomic E-state index is 13.4. The smallest absolute Gasteiger partial charge is 0.191 e. The van der Waals surface area contributed by atoms with Crippen molar-refractivity contribution in [2.24, 2.45) is 12.0 Å². The molecule has 0 amide bonds. The van der Waals surface area contributed by atoms with E-state index in [4.69, 9.17) is 0 Å². The lowest BCUT2D eigenvalue weighted by molar-refractivity contribution is 0.198. The molecule has 0 atom stereocenters. The summed E-state index contributed by atoms with van der Waals surface area (Å²) in [5, 5.41) is 11.3. The third-order valence-electron chi connectivity index (χ3n) is 5.63. The topological polar surface area (TPSA) is 57.5 Å². The summed E-state index contributed by atoms with van der Waals surface area (Å²) in [7, 11) is 3.73. The van der Waals surface area contributed by atoms with Crippen LogP contribution in [0.15, 0.2) is 23.2 Å². The molecule has 2 aromatic rings. The maximum atomic E-state index is 13.4. The van der Waals surface area contributed by atoms with Crippen LogP contribution in [0.3, 0.4) is 0 Å². The zero-order valence-electron chi connectivity index (χ0n) is 17.6. The molecular formula is C21H30F2N6. The van der Waals surface area contributed by atoms with E-state index in [1.54, 1.807) is 13.1 Å². The Morgan fingerprint density at radius 2 is 1.93 bits per heavy atom. The van der Waals surface area contributed by atoms with Crippen molar-refractivity contribution in [3.63, 3.8) is 0 Å². The summed E-state index contributed by atoms with van der Waals surface area (Å²) < 4.78 is 28.4. The number of piperidine rings is 1. The molecule has 0 aliphatic carbocycles. The van der Waals surface area contributed by atoms with E-state index in [-0.39, 0.29) is 0 Å². The molecule has 158 valence electrons. The second kappa shape index (κ2) is 9.35. The quantitative estimate of drug-likeness (QED) is 0.594. The van der Waals surface area contributed by atoms with Crippen molar-refractivity contribution >= 4 is 5.96 Å². The Hall–Kier alpha value is -2.48. The van der Waals surface area contributed by atoms with Crippen LogP contribution in [-0.4, -0.2) is 46.8 Å². The predicted molar refractivity (Wildman–Crippen MR) is 111 cm³/mol. The van der Waals surface area contributed by atoms with Crippen LogP contribution in [-0.2, 0) is 20.1 Å². The fourth-order valence-electron chi connectivity index (χ4n) is 3.77. The molecule has 2 N–H and O–H groups in total. The van der Waals surface area contributed by atoms with E-state index < -0.39 is 11.6 Å². The van der Waals surface area contributed by atoms with Gasteiger partial charge in [-0.2, -0.15) is 5.10 Å². The molecule has 1 aliphatic heterocycles. The van der Waals surface area contributed by atoms with Crippen LogP contribution in [0.4, 0.5) is 8.78 Å². The maximum Gasteiger partial charge on any atom is 0.191 e. The summed E-state index contributed by atoms with van der Waals surface area (Å²) in [5.41, 5.74) is 4.17. The van der Waals surface area contributed by atoms with Gasteiger partial charge >= 0.3 is 0 Å². The van der Waals surface area contributed by atoms with Gasteiger partial charge in [-0.3, -0.25) is 14.6 Å². The molecule has 0 unspecified atom stereocenters. The molecule has 1 saturated heterocycles. The van der Waals surface area contributed by atoms with Gasteiger partial charge in [0.15, 0.2) is 17.6 Å². The lowest BCUT2D eigenvalue weighted by atomic mass is 10.0. The molecular weight excluding hydrogens is 374 g/mol. The first kappa shape index (κ1) is 21.2. The predicted octanol–water partition coefficient (Wildman–Crippen LogP) is 2.64. The van der Waals surface area contributed by atoms with Gasteiger partial charge in [0.1, 0.15) is 0 Å². The van der Waals surface area contributed by atoms with Crippen molar-refractivity contribution < 1.29 is 8.78 Å². The van der Waals surface area contributed by atoms with Crippen LogP contribution in [0.5, 0.6) is 0 Å². The number of aromatic nitrogens is 2. The number of hydrogen-bond donors (Lipinski definition) is 2. The van der Waals surface area contributed by atoms with Gasteiger partial charge in [0.05, 0.1) is 5.69 Å².